The molecule has 0 aliphatic carbocycles. The van der Waals surface area contributed by atoms with E-state index in [1.807, 2.05) is 18.2 Å². The molecule has 2 aromatic rings. The van der Waals surface area contributed by atoms with Crippen LogP contribution in [0.25, 0.3) is 0 Å². The number of benzene rings is 2. The zero-order valence-corrected chi connectivity index (χ0v) is 17.7. The molecule has 2 atom stereocenters. The highest BCUT2D eigenvalue weighted by Gasteiger charge is 2.12. The summed E-state index contributed by atoms with van der Waals surface area (Å²) in [5.74, 6) is 0.834. The quantitative estimate of drug-likeness (QED) is 0.363. The Hall–Kier alpha value is -1.67. The maximum absolute atomic E-state index is 13.1. The van der Waals surface area contributed by atoms with E-state index in [0.29, 0.717) is 18.4 Å². The summed E-state index contributed by atoms with van der Waals surface area (Å²) >= 11 is 0. The van der Waals surface area contributed by atoms with E-state index in [4.69, 9.17) is 4.74 Å². The molecule has 2 aromatic carbocycles. The molecule has 0 fully saturated rings. The van der Waals surface area contributed by atoms with Crippen LogP contribution < -0.4 is 10.6 Å². The van der Waals surface area contributed by atoms with Gasteiger partial charge in [0.25, 0.3) is 0 Å². The molecule has 0 radical (unpaired) electrons. The summed E-state index contributed by atoms with van der Waals surface area (Å²) in [5, 5.41) is 6.59. The number of guanidine groups is 1. The van der Waals surface area contributed by atoms with Crippen molar-refractivity contribution in [2.24, 2.45) is 4.99 Å². The van der Waals surface area contributed by atoms with Gasteiger partial charge in [0.05, 0.1) is 6.10 Å². The van der Waals surface area contributed by atoms with Gasteiger partial charge in [0.2, 0.25) is 0 Å². The molecule has 142 valence electrons. The first-order valence-electron chi connectivity index (χ1n) is 8.41. The lowest BCUT2D eigenvalue weighted by Crippen LogP contribution is -2.41. The van der Waals surface area contributed by atoms with E-state index in [-0.39, 0.29) is 35.9 Å². The first-order chi connectivity index (χ1) is 12.1. The van der Waals surface area contributed by atoms with Crippen molar-refractivity contribution in [1.29, 1.82) is 0 Å². The van der Waals surface area contributed by atoms with Gasteiger partial charge < -0.3 is 15.4 Å². The monoisotopic (exact) mass is 471 g/mol. The number of ether oxygens (including phenoxy) is 1. The average molecular weight is 471 g/mol. The summed E-state index contributed by atoms with van der Waals surface area (Å²) in [5.41, 5.74) is 2.20. The molecule has 2 unspecified atom stereocenters. The van der Waals surface area contributed by atoms with Crippen LogP contribution in [0, 0.1) is 5.82 Å². The Kier molecular flexibility index (Phi) is 10.2. The minimum atomic E-state index is -0.251. The molecule has 0 spiro atoms. The van der Waals surface area contributed by atoms with Gasteiger partial charge in [-0.2, -0.15) is 0 Å². The summed E-state index contributed by atoms with van der Waals surface area (Å²) in [6.45, 7) is 3.49. The molecule has 0 heterocycles. The lowest BCUT2D eigenvalue weighted by Gasteiger charge is -2.20. The molecule has 2 rings (SSSR count). The third-order valence-corrected chi connectivity index (χ3v) is 4.15. The van der Waals surface area contributed by atoms with Crippen molar-refractivity contribution in [2.75, 3.05) is 27.2 Å². The largest absolute Gasteiger partial charge is 0.375 e. The van der Waals surface area contributed by atoms with E-state index in [2.05, 4.69) is 34.7 Å². The minimum absolute atomic E-state index is 0. The molecule has 6 heteroatoms. The Balaban J connectivity index is 0.00000338. The van der Waals surface area contributed by atoms with Crippen LogP contribution in [0.3, 0.4) is 0 Å². The van der Waals surface area contributed by atoms with Crippen LogP contribution in [0.15, 0.2) is 59.6 Å². The number of nitrogens with one attached hydrogen (secondary N) is 2. The fourth-order valence-electron chi connectivity index (χ4n) is 2.57. The van der Waals surface area contributed by atoms with E-state index in [9.17, 15) is 4.39 Å². The Morgan fingerprint density at radius 1 is 1.00 bits per heavy atom. The third kappa shape index (κ3) is 6.92. The summed E-state index contributed by atoms with van der Waals surface area (Å²) in [6, 6.07) is 16.7. The second kappa shape index (κ2) is 11.9. The number of nitrogens with zero attached hydrogens (tertiary/aromatic N) is 1. The first-order valence-corrected chi connectivity index (χ1v) is 8.41. The zero-order valence-electron chi connectivity index (χ0n) is 15.4. The van der Waals surface area contributed by atoms with Gasteiger partial charge in [-0.05, 0) is 29.2 Å². The topological polar surface area (TPSA) is 45.7 Å². The Labute approximate surface area is 172 Å². The fourth-order valence-corrected chi connectivity index (χ4v) is 2.57. The van der Waals surface area contributed by atoms with Gasteiger partial charge in [-0.15, -0.1) is 24.0 Å². The predicted molar refractivity (Wildman–Crippen MR) is 116 cm³/mol. The maximum Gasteiger partial charge on any atom is 0.191 e. The second-order valence-electron chi connectivity index (χ2n) is 5.92. The molecule has 0 saturated heterocycles. The van der Waals surface area contributed by atoms with E-state index >= 15 is 0 Å². The number of aliphatic imine (C=N–C) groups is 1. The SMILES string of the molecule is CN=C(NCC(C)c1ccccc1)NCC(OC)c1ccc(F)cc1.I. The molecule has 0 aliphatic rings. The Morgan fingerprint density at radius 3 is 2.19 bits per heavy atom. The van der Waals surface area contributed by atoms with Crippen LogP contribution in [0.4, 0.5) is 4.39 Å². The Bertz CT molecular complexity index is 665. The van der Waals surface area contributed by atoms with E-state index in [0.717, 1.165) is 12.1 Å². The number of methoxy groups -OCH3 is 1. The highest BCUT2D eigenvalue weighted by Crippen LogP contribution is 2.16. The molecular weight excluding hydrogens is 444 g/mol. The van der Waals surface area contributed by atoms with Crippen molar-refractivity contribution < 1.29 is 9.13 Å². The van der Waals surface area contributed by atoms with Gasteiger partial charge in [0.1, 0.15) is 5.82 Å². The highest BCUT2D eigenvalue weighted by atomic mass is 127. The number of halogens is 2. The molecule has 26 heavy (non-hydrogen) atoms. The van der Waals surface area contributed by atoms with Crippen LogP contribution >= 0.6 is 24.0 Å². The lowest BCUT2D eigenvalue weighted by atomic mass is 10.0. The van der Waals surface area contributed by atoms with Crippen molar-refractivity contribution in [3.8, 4) is 0 Å². The smallest absolute Gasteiger partial charge is 0.191 e. The van der Waals surface area contributed by atoms with Gasteiger partial charge in [0.15, 0.2) is 5.96 Å². The molecule has 4 nitrogen and oxygen atoms in total. The van der Waals surface area contributed by atoms with Crippen LogP contribution in [0.1, 0.15) is 30.1 Å². The number of hydrogen-bond donors (Lipinski definition) is 2. The Morgan fingerprint density at radius 2 is 1.62 bits per heavy atom. The van der Waals surface area contributed by atoms with Crippen molar-refractivity contribution in [3.63, 3.8) is 0 Å². The summed E-state index contributed by atoms with van der Waals surface area (Å²) in [6.07, 6.45) is -0.175. The van der Waals surface area contributed by atoms with Crippen LogP contribution in [-0.4, -0.2) is 33.2 Å². The molecular formula is C20H27FIN3O. The second-order valence-corrected chi connectivity index (χ2v) is 5.92. The van der Waals surface area contributed by atoms with Crippen LogP contribution in [0.2, 0.25) is 0 Å². The van der Waals surface area contributed by atoms with Crippen LogP contribution in [-0.2, 0) is 4.74 Å². The maximum atomic E-state index is 13.1. The third-order valence-electron chi connectivity index (χ3n) is 4.15. The normalized spacial score (nSPS) is 13.5. The lowest BCUT2D eigenvalue weighted by molar-refractivity contribution is 0.106. The van der Waals surface area contributed by atoms with Crippen LogP contribution in [0.5, 0.6) is 0 Å². The van der Waals surface area contributed by atoms with Gasteiger partial charge >= 0.3 is 0 Å². The van der Waals surface area contributed by atoms with E-state index < -0.39 is 0 Å². The zero-order chi connectivity index (χ0) is 18.1. The summed E-state index contributed by atoms with van der Waals surface area (Å²) in [4.78, 5) is 4.25. The minimum Gasteiger partial charge on any atom is -0.375 e. The number of rotatable bonds is 7. The van der Waals surface area contributed by atoms with Crippen molar-refractivity contribution in [2.45, 2.75) is 18.9 Å². The fraction of sp³-hybridized carbons (Fsp3) is 0.350. The molecule has 0 saturated carbocycles. The van der Waals surface area contributed by atoms with Gasteiger partial charge in [0, 0.05) is 27.2 Å². The molecule has 0 amide bonds. The first kappa shape index (κ1) is 22.4. The van der Waals surface area contributed by atoms with Gasteiger partial charge in [-0.3, -0.25) is 4.99 Å². The molecule has 2 N–H and O–H groups in total. The van der Waals surface area contributed by atoms with Crippen molar-refractivity contribution in [1.82, 2.24) is 10.6 Å². The van der Waals surface area contributed by atoms with E-state index in [1.54, 1.807) is 26.3 Å². The van der Waals surface area contributed by atoms with Gasteiger partial charge in [-0.1, -0.05) is 49.4 Å². The predicted octanol–water partition coefficient (Wildman–Crippen LogP) is 4.10. The standard InChI is InChI=1S/C20H26FN3O.HI/c1-15(16-7-5-4-6-8-16)13-23-20(22-2)24-14-19(25-3)17-9-11-18(21)12-10-17;/h4-12,15,19H,13-14H2,1-3H3,(H2,22,23,24);1H. The van der Waals surface area contributed by atoms with E-state index in [1.165, 1.54) is 17.7 Å². The summed E-state index contributed by atoms with van der Waals surface area (Å²) < 4.78 is 18.6. The van der Waals surface area contributed by atoms with Gasteiger partial charge in [-0.25, -0.2) is 4.39 Å². The molecule has 0 aromatic heterocycles. The summed E-state index contributed by atoms with van der Waals surface area (Å²) in [7, 11) is 3.38. The molecule has 0 aliphatic heterocycles. The van der Waals surface area contributed by atoms with Crippen molar-refractivity contribution >= 4 is 29.9 Å². The number of hydrogen-bond acceptors (Lipinski definition) is 2. The van der Waals surface area contributed by atoms with Crippen molar-refractivity contribution in [3.05, 3.63) is 71.5 Å². The average Bonchev–Trinajstić information content (AvgIpc) is 2.66. The highest BCUT2D eigenvalue weighted by molar-refractivity contribution is 14.0. The molecule has 0 bridgehead atoms.